The zero-order valence-corrected chi connectivity index (χ0v) is 19.5. The number of carbonyl (C=O) groups excluding carboxylic acids is 1. The van der Waals surface area contributed by atoms with E-state index in [1.165, 1.54) is 13.2 Å². The molecule has 11 heteroatoms. The number of halogens is 1. The van der Waals surface area contributed by atoms with E-state index in [1.54, 1.807) is 43.5 Å². The number of ether oxygens (including phenoxy) is 2. The summed E-state index contributed by atoms with van der Waals surface area (Å²) >= 11 is 6.40. The van der Waals surface area contributed by atoms with Crippen molar-refractivity contribution in [3.63, 3.8) is 0 Å². The first-order valence-electron chi connectivity index (χ1n) is 10.4. The summed E-state index contributed by atoms with van der Waals surface area (Å²) in [5, 5.41) is 15.6. The van der Waals surface area contributed by atoms with Gasteiger partial charge in [-0.1, -0.05) is 11.6 Å². The molecule has 0 radical (unpaired) electrons. The second-order valence-corrected chi connectivity index (χ2v) is 8.16. The smallest absolute Gasteiger partial charge is 0.253 e. The maximum absolute atomic E-state index is 12.0. The van der Waals surface area contributed by atoms with Crippen LogP contribution in [0.5, 0.6) is 17.2 Å². The Bertz CT molecular complexity index is 1510. The van der Waals surface area contributed by atoms with Gasteiger partial charge in [-0.2, -0.15) is 0 Å². The number of aromatic nitrogens is 1. The predicted molar refractivity (Wildman–Crippen MR) is 133 cm³/mol. The lowest BCUT2D eigenvalue weighted by Crippen LogP contribution is -2.39. The lowest BCUT2D eigenvalue weighted by Gasteiger charge is -2.19. The monoisotopic (exact) mass is 496 g/mol. The Morgan fingerprint density at radius 1 is 1.14 bits per heavy atom. The topological polar surface area (TPSA) is 153 Å². The highest BCUT2D eigenvalue weighted by Crippen LogP contribution is 2.36. The van der Waals surface area contributed by atoms with Crippen molar-refractivity contribution in [2.45, 2.75) is 13.0 Å². The van der Waals surface area contributed by atoms with Crippen LogP contribution in [0.1, 0.15) is 17.3 Å². The molecule has 0 bridgehead atoms. The first-order valence-corrected chi connectivity index (χ1v) is 10.8. The molecule has 1 aromatic heterocycles. The number of amides is 1. The Balaban J connectivity index is 1.62. The summed E-state index contributed by atoms with van der Waals surface area (Å²) in [6.07, 6.45) is 1.55. The van der Waals surface area contributed by atoms with E-state index in [4.69, 9.17) is 26.8 Å². The van der Waals surface area contributed by atoms with Gasteiger partial charge in [0.2, 0.25) is 0 Å². The molecule has 0 aliphatic carbocycles. The van der Waals surface area contributed by atoms with Crippen molar-refractivity contribution in [2.75, 3.05) is 24.4 Å². The number of rotatable bonds is 9. The Hall–Kier alpha value is -4.15. The van der Waals surface area contributed by atoms with E-state index in [2.05, 4.69) is 15.6 Å². The largest absolute Gasteiger partial charge is 0.496 e. The molecule has 1 heterocycles. The second-order valence-electron chi connectivity index (χ2n) is 7.75. The summed E-state index contributed by atoms with van der Waals surface area (Å²) in [5.41, 5.74) is 5.38. The van der Waals surface area contributed by atoms with Crippen LogP contribution in [0.25, 0.3) is 10.9 Å². The third-order valence-electron chi connectivity index (χ3n) is 5.29. The van der Waals surface area contributed by atoms with Gasteiger partial charge in [0, 0.05) is 29.8 Å². The van der Waals surface area contributed by atoms with E-state index in [9.17, 15) is 19.5 Å². The number of methoxy groups -OCH3 is 1. The van der Waals surface area contributed by atoms with E-state index >= 15 is 0 Å². The Morgan fingerprint density at radius 3 is 2.54 bits per heavy atom. The number of pyridine rings is 1. The minimum absolute atomic E-state index is 0.0684. The first kappa shape index (κ1) is 24.0. The molecule has 0 fully saturated rings. The van der Waals surface area contributed by atoms with Gasteiger partial charge in [-0.05, 0) is 31.2 Å². The van der Waals surface area contributed by atoms with Crippen LogP contribution in [-0.4, -0.2) is 35.8 Å². The number of nitrogens with two attached hydrogens (primary N) is 1. The Labute approximate surface area is 203 Å². The van der Waals surface area contributed by atoms with E-state index in [1.807, 2.05) is 0 Å². The van der Waals surface area contributed by atoms with Crippen molar-refractivity contribution in [3.8, 4) is 17.2 Å². The number of fused-ring (bicyclic) bond motifs is 1. The van der Waals surface area contributed by atoms with Crippen molar-refractivity contribution in [3.05, 3.63) is 73.6 Å². The molecule has 1 amide bonds. The van der Waals surface area contributed by atoms with E-state index < -0.39 is 22.8 Å². The zero-order chi connectivity index (χ0) is 25.3. The van der Waals surface area contributed by atoms with Gasteiger partial charge in [0.15, 0.2) is 0 Å². The van der Waals surface area contributed by atoms with Gasteiger partial charge in [-0.3, -0.25) is 19.4 Å². The fourth-order valence-electron chi connectivity index (χ4n) is 3.46. The highest BCUT2D eigenvalue weighted by atomic mass is 35.5. The molecule has 0 saturated heterocycles. The predicted octanol–water partition coefficient (Wildman–Crippen LogP) is 2.92. The van der Waals surface area contributed by atoms with Gasteiger partial charge in [-0.25, -0.2) is 0 Å². The quantitative estimate of drug-likeness (QED) is 0.256. The molecule has 0 spiro atoms. The molecule has 10 nitrogen and oxygen atoms in total. The Morgan fingerprint density at radius 2 is 1.89 bits per heavy atom. The van der Waals surface area contributed by atoms with Crippen LogP contribution in [0.15, 0.2) is 52.2 Å². The molecular formula is C24H21ClN4O6. The van der Waals surface area contributed by atoms with E-state index in [-0.39, 0.29) is 28.6 Å². The normalized spacial score (nSPS) is 11.9. The van der Waals surface area contributed by atoms with Crippen LogP contribution in [-0.2, 0) is 0 Å². The summed E-state index contributed by atoms with van der Waals surface area (Å²) < 4.78 is 11.2. The molecule has 5 N–H and O–H groups in total. The maximum atomic E-state index is 12.0. The number of nitrogens with zero attached hydrogens (tertiary/aromatic N) is 1. The number of anilines is 3. The number of hydrogen-bond donors (Lipinski definition) is 4. The van der Waals surface area contributed by atoms with Gasteiger partial charge < -0.3 is 30.9 Å². The van der Waals surface area contributed by atoms with Crippen molar-refractivity contribution in [1.82, 2.24) is 4.98 Å². The van der Waals surface area contributed by atoms with Crippen LogP contribution in [0.2, 0.25) is 5.02 Å². The Kier molecular flexibility index (Phi) is 6.59. The molecule has 0 aliphatic rings. The van der Waals surface area contributed by atoms with Crippen LogP contribution in [0.4, 0.5) is 17.1 Å². The molecule has 1 atom stereocenters. The van der Waals surface area contributed by atoms with Crippen molar-refractivity contribution in [2.24, 2.45) is 5.73 Å². The van der Waals surface area contributed by atoms with Crippen LogP contribution in [0.3, 0.4) is 0 Å². The lowest BCUT2D eigenvalue weighted by molar-refractivity contribution is 0.0997. The summed E-state index contributed by atoms with van der Waals surface area (Å²) in [6, 6.07) is 9.10. The number of carbonyl (C=O) groups is 1. The lowest BCUT2D eigenvalue weighted by atomic mass is 10.1. The van der Waals surface area contributed by atoms with Gasteiger partial charge >= 0.3 is 0 Å². The average Bonchev–Trinajstić information content (AvgIpc) is 2.85. The zero-order valence-electron chi connectivity index (χ0n) is 18.7. The number of nitrogens with one attached hydrogen (secondary N) is 2. The van der Waals surface area contributed by atoms with E-state index in [0.29, 0.717) is 33.8 Å². The van der Waals surface area contributed by atoms with Gasteiger partial charge in [0.25, 0.3) is 16.8 Å². The minimum Gasteiger partial charge on any atom is -0.496 e. The fraction of sp³-hybridized carbons (Fsp3) is 0.167. The number of hydrogen-bond acceptors (Lipinski definition) is 9. The van der Waals surface area contributed by atoms with E-state index in [0.717, 1.165) is 0 Å². The van der Waals surface area contributed by atoms with Crippen LogP contribution in [0, 0.1) is 0 Å². The maximum Gasteiger partial charge on any atom is 0.253 e. The molecule has 4 rings (SSSR count). The molecule has 180 valence electrons. The molecule has 4 aromatic rings. The molecule has 0 saturated carbocycles. The van der Waals surface area contributed by atoms with Crippen molar-refractivity contribution < 1.29 is 19.4 Å². The third-order valence-corrected chi connectivity index (χ3v) is 5.60. The molecule has 1 unspecified atom stereocenters. The standard InChI is InChI=1S/C24H21ClN4O6/c1-11(10-30)28-20-21(23(32)22(20)31)29-16-4-3-12(7-15(16)25)35-18-5-6-27-17-9-19(34-2)14(24(26)33)8-13(17)18/h3-9,11,28-30H,10H2,1-2H3,(H2,26,33). The molecule has 35 heavy (non-hydrogen) atoms. The second kappa shape index (κ2) is 9.61. The number of primary amides is 1. The fourth-order valence-corrected chi connectivity index (χ4v) is 3.68. The summed E-state index contributed by atoms with van der Waals surface area (Å²) in [4.78, 5) is 40.0. The highest BCUT2D eigenvalue weighted by Gasteiger charge is 2.23. The number of benzene rings is 2. The van der Waals surface area contributed by atoms with Gasteiger partial charge in [0.05, 0.1) is 35.5 Å². The van der Waals surface area contributed by atoms with Crippen molar-refractivity contribution in [1.29, 1.82) is 0 Å². The third kappa shape index (κ3) is 4.61. The number of aliphatic hydroxyl groups is 1. The molecular weight excluding hydrogens is 476 g/mol. The minimum atomic E-state index is -0.682. The molecule has 0 aliphatic heterocycles. The van der Waals surface area contributed by atoms with Gasteiger partial charge in [0.1, 0.15) is 28.6 Å². The van der Waals surface area contributed by atoms with Crippen molar-refractivity contribution >= 4 is 45.5 Å². The van der Waals surface area contributed by atoms with Gasteiger partial charge in [-0.15, -0.1) is 0 Å². The van der Waals surface area contributed by atoms with Crippen LogP contribution < -0.4 is 36.7 Å². The number of aliphatic hydroxyl groups excluding tert-OH is 1. The summed E-state index contributed by atoms with van der Waals surface area (Å²) in [7, 11) is 1.43. The molecule has 3 aromatic carbocycles. The summed E-state index contributed by atoms with van der Waals surface area (Å²) in [5.74, 6) is 0.428. The highest BCUT2D eigenvalue weighted by molar-refractivity contribution is 6.33. The SMILES string of the molecule is COc1cc2nccc(Oc3ccc(Nc4c(NC(C)CO)c(=O)c4=O)c(Cl)c3)c2cc1C(N)=O. The summed E-state index contributed by atoms with van der Waals surface area (Å²) in [6.45, 7) is 1.47. The first-order chi connectivity index (χ1) is 16.7. The average molecular weight is 497 g/mol. The van der Waals surface area contributed by atoms with Crippen LogP contribution >= 0.6 is 11.6 Å².